The van der Waals surface area contributed by atoms with Gasteiger partial charge < -0.3 is 4.90 Å². The van der Waals surface area contributed by atoms with Crippen LogP contribution in [0.3, 0.4) is 0 Å². The molecule has 1 aliphatic rings. The smallest absolute Gasteiger partial charge is 0.0351 e. The molecule has 0 saturated carbocycles. The van der Waals surface area contributed by atoms with Gasteiger partial charge in [0.15, 0.2) is 0 Å². The van der Waals surface area contributed by atoms with E-state index in [2.05, 4.69) is 36.1 Å². The molecule has 88 valence electrons. The first kappa shape index (κ1) is 12.3. The Morgan fingerprint density at radius 3 is 2.94 bits per heavy atom. The van der Waals surface area contributed by atoms with Gasteiger partial charge in [-0.2, -0.15) is 0 Å². The Labute approximate surface area is 107 Å². The monoisotopic (exact) mass is 255 g/mol. The fourth-order valence-electron chi connectivity index (χ4n) is 2.14. The lowest BCUT2D eigenvalue weighted by atomic mass is 10.1. The van der Waals surface area contributed by atoms with E-state index < -0.39 is 0 Å². The van der Waals surface area contributed by atoms with Crippen molar-refractivity contribution < 1.29 is 0 Å². The first-order valence-electron chi connectivity index (χ1n) is 5.86. The molecule has 2 rings (SSSR count). The van der Waals surface area contributed by atoms with Crippen LogP contribution >= 0.6 is 23.4 Å². The Morgan fingerprint density at radius 2 is 2.25 bits per heavy atom. The zero-order valence-electron chi connectivity index (χ0n) is 9.66. The molecule has 1 unspecified atom stereocenters. The first-order chi connectivity index (χ1) is 7.83. The van der Waals surface area contributed by atoms with Crippen LogP contribution in [0.4, 0.5) is 0 Å². The summed E-state index contributed by atoms with van der Waals surface area (Å²) in [4.78, 5) is 3.91. The van der Waals surface area contributed by atoms with Crippen LogP contribution in [0.2, 0.25) is 0 Å². The average Bonchev–Trinajstić information content (AvgIpc) is 2.70. The van der Waals surface area contributed by atoms with E-state index in [9.17, 15) is 0 Å². The molecule has 0 N–H and O–H groups in total. The van der Waals surface area contributed by atoms with Gasteiger partial charge in [0.1, 0.15) is 0 Å². The third kappa shape index (κ3) is 2.93. The number of hydrogen-bond acceptors (Lipinski definition) is 2. The van der Waals surface area contributed by atoms with Crippen LogP contribution in [-0.4, -0.2) is 35.7 Å². The van der Waals surface area contributed by atoms with Crippen LogP contribution in [0.5, 0.6) is 0 Å². The van der Waals surface area contributed by atoms with Crippen molar-refractivity contribution in [1.82, 2.24) is 4.90 Å². The van der Waals surface area contributed by atoms with Crippen LogP contribution < -0.4 is 0 Å². The summed E-state index contributed by atoms with van der Waals surface area (Å²) in [6, 6.07) is 8.75. The van der Waals surface area contributed by atoms with Crippen molar-refractivity contribution >= 4 is 23.4 Å². The maximum atomic E-state index is 5.80. The molecule has 0 spiro atoms. The van der Waals surface area contributed by atoms with Gasteiger partial charge in [-0.15, -0.1) is 23.4 Å². The largest absolute Gasteiger partial charge is 0.301 e. The van der Waals surface area contributed by atoms with Crippen LogP contribution in [0.15, 0.2) is 29.2 Å². The molecule has 1 aromatic rings. The molecule has 0 saturated heterocycles. The standard InChI is InChI=1S/C13H18ClNS/c1-2-15(8-7-14)10-12-9-11-5-3-4-6-13(11)16-12/h3-6,12H,2,7-10H2,1H3. The lowest BCUT2D eigenvalue weighted by Gasteiger charge is -2.22. The molecule has 0 aromatic heterocycles. The lowest BCUT2D eigenvalue weighted by molar-refractivity contribution is 0.306. The third-order valence-corrected chi connectivity index (χ3v) is 4.49. The number of fused-ring (bicyclic) bond motifs is 1. The average molecular weight is 256 g/mol. The summed E-state index contributed by atoms with van der Waals surface area (Å²) in [6.45, 7) is 5.47. The molecule has 0 aliphatic carbocycles. The summed E-state index contributed by atoms with van der Waals surface area (Å²) in [6.07, 6.45) is 1.21. The minimum absolute atomic E-state index is 0.709. The topological polar surface area (TPSA) is 3.24 Å². The van der Waals surface area contributed by atoms with Crippen molar-refractivity contribution in [3.63, 3.8) is 0 Å². The summed E-state index contributed by atoms with van der Waals surface area (Å²) >= 11 is 7.82. The maximum absolute atomic E-state index is 5.80. The number of benzene rings is 1. The SMILES string of the molecule is CCN(CCCl)CC1Cc2ccccc2S1. The van der Waals surface area contributed by atoms with Crippen LogP contribution in [0, 0.1) is 0 Å². The van der Waals surface area contributed by atoms with E-state index in [1.165, 1.54) is 16.9 Å². The highest BCUT2D eigenvalue weighted by molar-refractivity contribution is 8.00. The number of thioether (sulfide) groups is 1. The number of nitrogens with zero attached hydrogens (tertiary/aromatic N) is 1. The van der Waals surface area contributed by atoms with E-state index in [4.69, 9.17) is 11.6 Å². The maximum Gasteiger partial charge on any atom is 0.0351 e. The fourth-order valence-corrected chi connectivity index (χ4v) is 3.75. The summed E-state index contributed by atoms with van der Waals surface area (Å²) < 4.78 is 0. The predicted molar refractivity (Wildman–Crippen MR) is 72.6 cm³/mol. The Kier molecular flexibility index (Phi) is 4.56. The second kappa shape index (κ2) is 5.95. The summed E-state index contributed by atoms with van der Waals surface area (Å²) in [5, 5.41) is 0.709. The Bertz CT molecular complexity index is 317. The molecule has 16 heavy (non-hydrogen) atoms. The van der Waals surface area contributed by atoms with Gasteiger partial charge in [0.25, 0.3) is 0 Å². The summed E-state index contributed by atoms with van der Waals surface area (Å²) in [5.41, 5.74) is 1.51. The number of alkyl halides is 1. The van der Waals surface area contributed by atoms with Gasteiger partial charge in [0.05, 0.1) is 0 Å². The summed E-state index contributed by atoms with van der Waals surface area (Å²) in [5.74, 6) is 0.734. The van der Waals surface area contributed by atoms with Gasteiger partial charge in [-0.05, 0) is 24.6 Å². The highest BCUT2D eigenvalue weighted by Crippen LogP contribution is 2.36. The first-order valence-corrected chi connectivity index (χ1v) is 7.27. The van der Waals surface area contributed by atoms with Gasteiger partial charge >= 0.3 is 0 Å². The normalized spacial score (nSPS) is 19.1. The highest BCUT2D eigenvalue weighted by atomic mass is 35.5. The van der Waals surface area contributed by atoms with Crippen molar-refractivity contribution in [2.45, 2.75) is 23.5 Å². The van der Waals surface area contributed by atoms with Crippen LogP contribution in [-0.2, 0) is 6.42 Å². The van der Waals surface area contributed by atoms with Crippen molar-refractivity contribution in [3.05, 3.63) is 29.8 Å². The van der Waals surface area contributed by atoms with Gasteiger partial charge in [-0.1, -0.05) is 25.1 Å². The fraction of sp³-hybridized carbons (Fsp3) is 0.538. The Morgan fingerprint density at radius 1 is 1.44 bits per heavy atom. The minimum Gasteiger partial charge on any atom is -0.301 e. The molecule has 0 bridgehead atoms. The predicted octanol–water partition coefficient (Wildman–Crippen LogP) is 3.26. The van der Waals surface area contributed by atoms with E-state index in [0.717, 1.165) is 25.5 Å². The molecule has 1 heterocycles. The number of halogens is 1. The lowest BCUT2D eigenvalue weighted by Crippen LogP contribution is -2.32. The van der Waals surface area contributed by atoms with Crippen molar-refractivity contribution in [1.29, 1.82) is 0 Å². The number of hydrogen-bond donors (Lipinski definition) is 0. The van der Waals surface area contributed by atoms with Gasteiger partial charge in [0, 0.05) is 29.1 Å². The second-order valence-electron chi connectivity index (χ2n) is 4.13. The van der Waals surface area contributed by atoms with Crippen LogP contribution in [0.25, 0.3) is 0 Å². The molecule has 0 fully saturated rings. The van der Waals surface area contributed by atoms with Crippen molar-refractivity contribution in [2.24, 2.45) is 0 Å². The van der Waals surface area contributed by atoms with Gasteiger partial charge in [0.2, 0.25) is 0 Å². The molecule has 1 aromatic carbocycles. The molecule has 1 aliphatic heterocycles. The van der Waals surface area contributed by atoms with Gasteiger partial charge in [-0.25, -0.2) is 0 Å². The second-order valence-corrected chi connectivity index (χ2v) is 5.85. The van der Waals surface area contributed by atoms with Crippen LogP contribution in [0.1, 0.15) is 12.5 Å². The quantitative estimate of drug-likeness (QED) is 0.743. The molecule has 1 atom stereocenters. The highest BCUT2D eigenvalue weighted by Gasteiger charge is 2.23. The zero-order chi connectivity index (χ0) is 11.4. The van der Waals surface area contributed by atoms with E-state index in [1.54, 1.807) is 0 Å². The zero-order valence-corrected chi connectivity index (χ0v) is 11.2. The van der Waals surface area contributed by atoms with Gasteiger partial charge in [-0.3, -0.25) is 0 Å². The third-order valence-electron chi connectivity index (χ3n) is 3.02. The molecule has 0 amide bonds. The molecular formula is C13H18ClNS. The van der Waals surface area contributed by atoms with E-state index in [1.807, 2.05) is 11.8 Å². The number of rotatable bonds is 5. The molecular weight excluding hydrogens is 238 g/mol. The Balaban J connectivity index is 1.91. The van der Waals surface area contributed by atoms with E-state index >= 15 is 0 Å². The van der Waals surface area contributed by atoms with E-state index in [0.29, 0.717) is 5.25 Å². The minimum atomic E-state index is 0.709. The molecule has 3 heteroatoms. The Hall–Kier alpha value is -0.180. The summed E-state index contributed by atoms with van der Waals surface area (Å²) in [7, 11) is 0. The molecule has 0 radical (unpaired) electrons. The molecule has 1 nitrogen and oxygen atoms in total. The van der Waals surface area contributed by atoms with Crippen molar-refractivity contribution in [2.75, 3.05) is 25.5 Å². The van der Waals surface area contributed by atoms with Crippen molar-refractivity contribution in [3.8, 4) is 0 Å². The van der Waals surface area contributed by atoms with E-state index in [-0.39, 0.29) is 0 Å².